The van der Waals surface area contributed by atoms with Crippen LogP contribution in [0, 0.1) is 17.8 Å². The van der Waals surface area contributed by atoms with Crippen LogP contribution in [0.25, 0.3) is 0 Å². The van der Waals surface area contributed by atoms with Crippen molar-refractivity contribution >= 4 is 17.8 Å². The predicted octanol–water partition coefficient (Wildman–Crippen LogP) is 2.85. The molecule has 2 amide bonds. The van der Waals surface area contributed by atoms with E-state index in [2.05, 4.69) is 13.2 Å². The molecule has 6 atom stereocenters. The number of fused-ring (bicyclic) bond motifs is 1. The van der Waals surface area contributed by atoms with Gasteiger partial charge in [-0.2, -0.15) is 0 Å². The average Bonchev–Trinajstić information content (AvgIpc) is 3.38. The largest absolute Gasteiger partial charge is 0.465 e. The van der Waals surface area contributed by atoms with Gasteiger partial charge >= 0.3 is 5.97 Å². The Labute approximate surface area is 214 Å². The zero-order valence-corrected chi connectivity index (χ0v) is 21.8. The average molecular weight is 503 g/mol. The molecule has 0 aromatic heterocycles. The fraction of sp³-hybridized carbons (Fsp3) is 0.750. The maximum atomic E-state index is 14.4. The number of aliphatic hydroxyl groups excluding tert-OH is 1. The summed E-state index contributed by atoms with van der Waals surface area (Å²) in [6.07, 6.45) is 9.99. The Kier molecular flexibility index (Phi) is 7.95. The van der Waals surface area contributed by atoms with Crippen LogP contribution in [0.15, 0.2) is 25.3 Å². The van der Waals surface area contributed by atoms with Gasteiger partial charge in [0.05, 0.1) is 18.1 Å². The Morgan fingerprint density at radius 2 is 1.97 bits per heavy atom. The van der Waals surface area contributed by atoms with Crippen LogP contribution in [0.2, 0.25) is 0 Å². The summed E-state index contributed by atoms with van der Waals surface area (Å²) in [5, 5.41) is 9.55. The highest BCUT2D eigenvalue weighted by Gasteiger charge is 2.80. The van der Waals surface area contributed by atoms with Crippen LogP contribution >= 0.6 is 0 Å². The molecule has 1 saturated carbocycles. The smallest absolute Gasteiger partial charge is 0.312 e. The molecule has 3 unspecified atom stereocenters. The van der Waals surface area contributed by atoms with Crippen LogP contribution in [0.3, 0.4) is 0 Å². The Bertz CT molecular complexity index is 885. The number of amides is 2. The van der Waals surface area contributed by atoms with Crippen LogP contribution in [0.4, 0.5) is 0 Å². The molecule has 0 radical (unpaired) electrons. The van der Waals surface area contributed by atoms with Crippen LogP contribution < -0.4 is 0 Å². The second-order valence-corrected chi connectivity index (χ2v) is 11.1. The van der Waals surface area contributed by atoms with Crippen molar-refractivity contribution in [3.05, 3.63) is 25.3 Å². The van der Waals surface area contributed by atoms with Gasteiger partial charge in [-0.1, -0.05) is 38.3 Å². The van der Waals surface area contributed by atoms with Gasteiger partial charge in [0, 0.05) is 25.7 Å². The molecule has 8 nitrogen and oxygen atoms in total. The molecule has 0 aromatic carbocycles. The standard InChI is InChI=1S/C28H42N2O6/c1-5-7-17-35-26(34)22-21-24(32)30(15-11-16-31)23(28(21)18-19(3)27(22,4)36-28)25(33)29(14-6-2)20-12-9-8-10-13-20/h5-6,19-23,31H,1-2,7-18H2,3-4H3/t19?,21-,22-,23?,27+,28?/m0/s1. The van der Waals surface area contributed by atoms with E-state index < -0.39 is 35.0 Å². The molecule has 3 saturated heterocycles. The van der Waals surface area contributed by atoms with Crippen LogP contribution in [-0.2, 0) is 23.9 Å². The molecule has 3 heterocycles. The van der Waals surface area contributed by atoms with Gasteiger partial charge in [0.25, 0.3) is 0 Å². The van der Waals surface area contributed by atoms with E-state index in [9.17, 15) is 19.5 Å². The lowest BCUT2D eigenvalue weighted by atomic mass is 9.62. The first-order valence-electron chi connectivity index (χ1n) is 13.6. The lowest BCUT2D eigenvalue weighted by Crippen LogP contribution is -2.58. The summed E-state index contributed by atoms with van der Waals surface area (Å²) in [5.74, 6) is -2.42. The molecule has 8 heteroatoms. The maximum absolute atomic E-state index is 14.4. The summed E-state index contributed by atoms with van der Waals surface area (Å²) in [7, 11) is 0. The van der Waals surface area contributed by atoms with Gasteiger partial charge in [0.2, 0.25) is 11.8 Å². The summed E-state index contributed by atoms with van der Waals surface area (Å²) in [6, 6.07) is -0.737. The monoisotopic (exact) mass is 502 g/mol. The normalized spacial score (nSPS) is 35.5. The molecular weight excluding hydrogens is 460 g/mol. The van der Waals surface area contributed by atoms with E-state index in [0.717, 1.165) is 32.1 Å². The fourth-order valence-corrected chi connectivity index (χ4v) is 7.30. The Hall–Kier alpha value is -2.19. The lowest BCUT2D eigenvalue weighted by Gasteiger charge is -2.41. The van der Waals surface area contributed by atoms with Crippen molar-refractivity contribution in [3.8, 4) is 0 Å². The first kappa shape index (κ1) is 26.9. The highest BCUT2D eigenvalue weighted by Crippen LogP contribution is 2.65. The first-order chi connectivity index (χ1) is 17.3. The molecule has 3 aliphatic heterocycles. The third kappa shape index (κ3) is 4.20. The number of aliphatic hydroxyl groups is 1. The summed E-state index contributed by atoms with van der Waals surface area (Å²) >= 11 is 0. The van der Waals surface area contributed by atoms with Crippen molar-refractivity contribution < 1.29 is 29.0 Å². The van der Waals surface area contributed by atoms with E-state index in [1.165, 1.54) is 0 Å². The van der Waals surface area contributed by atoms with Gasteiger partial charge in [0.1, 0.15) is 17.6 Å². The van der Waals surface area contributed by atoms with Crippen molar-refractivity contribution in [1.82, 2.24) is 9.80 Å². The van der Waals surface area contributed by atoms with Crippen LogP contribution in [-0.4, -0.2) is 82.3 Å². The number of ether oxygens (including phenoxy) is 2. The molecular formula is C28H42N2O6. The summed E-state index contributed by atoms with van der Waals surface area (Å²) in [5.41, 5.74) is -1.98. The highest BCUT2D eigenvalue weighted by molar-refractivity contribution is 5.98. The number of esters is 1. The molecule has 4 aliphatic rings. The molecule has 1 N–H and O–H groups in total. The zero-order chi connectivity index (χ0) is 26.1. The topological polar surface area (TPSA) is 96.4 Å². The van der Waals surface area contributed by atoms with E-state index in [1.54, 1.807) is 17.1 Å². The van der Waals surface area contributed by atoms with Gasteiger partial charge < -0.3 is 24.4 Å². The molecule has 1 spiro atoms. The van der Waals surface area contributed by atoms with E-state index in [-0.39, 0.29) is 43.5 Å². The number of carbonyl (C=O) groups is 3. The van der Waals surface area contributed by atoms with Crippen molar-refractivity contribution in [2.45, 2.75) is 88.5 Å². The van der Waals surface area contributed by atoms with E-state index >= 15 is 0 Å². The van der Waals surface area contributed by atoms with E-state index in [0.29, 0.717) is 25.8 Å². The number of hydrogen-bond donors (Lipinski definition) is 1. The number of rotatable bonds is 11. The van der Waals surface area contributed by atoms with Crippen molar-refractivity contribution in [2.75, 3.05) is 26.3 Å². The molecule has 200 valence electrons. The van der Waals surface area contributed by atoms with Gasteiger partial charge in [0.15, 0.2) is 0 Å². The molecule has 2 bridgehead atoms. The van der Waals surface area contributed by atoms with Crippen molar-refractivity contribution in [1.29, 1.82) is 0 Å². The molecule has 36 heavy (non-hydrogen) atoms. The second-order valence-electron chi connectivity index (χ2n) is 11.1. The minimum Gasteiger partial charge on any atom is -0.465 e. The van der Waals surface area contributed by atoms with Gasteiger partial charge in [-0.25, -0.2) is 0 Å². The minimum absolute atomic E-state index is 0.0332. The lowest BCUT2D eigenvalue weighted by molar-refractivity contribution is -0.162. The summed E-state index contributed by atoms with van der Waals surface area (Å²) in [4.78, 5) is 45.2. The summed E-state index contributed by atoms with van der Waals surface area (Å²) in [6.45, 7) is 12.2. The summed E-state index contributed by atoms with van der Waals surface area (Å²) < 4.78 is 12.3. The van der Waals surface area contributed by atoms with Crippen LogP contribution in [0.5, 0.6) is 0 Å². The second kappa shape index (κ2) is 10.7. The van der Waals surface area contributed by atoms with E-state index in [1.807, 2.05) is 18.7 Å². The number of likely N-dealkylation sites (tertiary alicyclic amines) is 1. The Balaban J connectivity index is 1.73. The van der Waals surface area contributed by atoms with Crippen LogP contribution in [0.1, 0.15) is 65.2 Å². The van der Waals surface area contributed by atoms with Gasteiger partial charge in [-0.15, -0.1) is 13.2 Å². The maximum Gasteiger partial charge on any atom is 0.312 e. The first-order valence-corrected chi connectivity index (χ1v) is 13.6. The molecule has 1 aliphatic carbocycles. The molecule has 0 aromatic rings. The number of nitrogens with zero attached hydrogens (tertiary/aromatic N) is 2. The van der Waals surface area contributed by atoms with Crippen molar-refractivity contribution in [2.24, 2.45) is 17.8 Å². The highest BCUT2D eigenvalue weighted by atomic mass is 16.6. The van der Waals surface area contributed by atoms with E-state index in [4.69, 9.17) is 9.47 Å². The third-order valence-corrected chi connectivity index (χ3v) is 9.05. The van der Waals surface area contributed by atoms with Gasteiger partial charge in [-0.05, 0) is 44.9 Å². The number of hydrogen-bond acceptors (Lipinski definition) is 6. The number of carbonyl (C=O) groups excluding carboxylic acids is 3. The van der Waals surface area contributed by atoms with Gasteiger partial charge in [-0.3, -0.25) is 14.4 Å². The Morgan fingerprint density at radius 1 is 1.25 bits per heavy atom. The Morgan fingerprint density at radius 3 is 2.61 bits per heavy atom. The predicted molar refractivity (Wildman–Crippen MR) is 135 cm³/mol. The van der Waals surface area contributed by atoms with Crippen molar-refractivity contribution in [3.63, 3.8) is 0 Å². The SMILES string of the molecule is C=CCCOC(=O)[C@@H]1[C@H]2C(=O)N(CCCO)C(C(=O)N(CC=C)C3CCCCC3)C23CC(C)[C@@]1(C)O3. The minimum atomic E-state index is -1.09. The zero-order valence-electron chi connectivity index (χ0n) is 21.8. The molecule has 4 rings (SSSR count). The molecule has 4 fully saturated rings. The third-order valence-electron chi connectivity index (χ3n) is 9.05. The fourth-order valence-electron chi connectivity index (χ4n) is 7.30. The quantitative estimate of drug-likeness (QED) is 0.265.